The van der Waals surface area contributed by atoms with E-state index in [4.69, 9.17) is 0 Å². The Labute approximate surface area is 100 Å². The summed E-state index contributed by atoms with van der Waals surface area (Å²) in [6.07, 6.45) is 1.91. The van der Waals surface area contributed by atoms with Crippen molar-refractivity contribution in [3.63, 3.8) is 0 Å². The number of rotatable bonds is 4. The molecule has 0 saturated carbocycles. The second-order valence-corrected chi connectivity index (χ2v) is 4.19. The van der Waals surface area contributed by atoms with Crippen molar-refractivity contribution in [1.82, 2.24) is 10.6 Å². The van der Waals surface area contributed by atoms with Crippen molar-refractivity contribution in [2.75, 3.05) is 6.54 Å². The van der Waals surface area contributed by atoms with Gasteiger partial charge in [0, 0.05) is 6.42 Å². The molecule has 90 valence electrons. The molecular formula is C13H16N2O2. The molecule has 1 aromatic rings. The summed E-state index contributed by atoms with van der Waals surface area (Å²) in [5.41, 5.74) is 1.24. The Morgan fingerprint density at radius 2 is 2.00 bits per heavy atom. The molecule has 1 aliphatic rings. The summed E-state index contributed by atoms with van der Waals surface area (Å²) < 4.78 is 0. The molecule has 1 atom stereocenters. The highest BCUT2D eigenvalue weighted by Gasteiger charge is 2.25. The van der Waals surface area contributed by atoms with Crippen LogP contribution in [-0.2, 0) is 16.0 Å². The highest BCUT2D eigenvalue weighted by molar-refractivity contribution is 6.00. The molecule has 1 aromatic carbocycles. The lowest BCUT2D eigenvalue weighted by Crippen LogP contribution is -2.51. The molecule has 17 heavy (non-hydrogen) atoms. The fourth-order valence-electron chi connectivity index (χ4n) is 1.92. The maximum Gasteiger partial charge on any atom is 0.243 e. The Morgan fingerprint density at radius 1 is 1.24 bits per heavy atom. The average molecular weight is 232 g/mol. The second kappa shape index (κ2) is 5.59. The zero-order valence-corrected chi connectivity index (χ0v) is 9.61. The SMILES string of the molecule is O=C1CCC(NCCc2ccccc2)C(=O)N1. The van der Waals surface area contributed by atoms with Gasteiger partial charge >= 0.3 is 0 Å². The third kappa shape index (κ3) is 3.39. The minimum Gasteiger partial charge on any atom is -0.306 e. The quantitative estimate of drug-likeness (QED) is 0.748. The Bertz CT molecular complexity index is 403. The zero-order valence-electron chi connectivity index (χ0n) is 9.61. The van der Waals surface area contributed by atoms with Crippen LogP contribution in [0.1, 0.15) is 18.4 Å². The van der Waals surface area contributed by atoms with Crippen LogP contribution in [0.4, 0.5) is 0 Å². The summed E-state index contributed by atoms with van der Waals surface area (Å²) in [6.45, 7) is 0.746. The standard InChI is InChI=1S/C13H16N2O2/c16-12-7-6-11(13(17)15-12)14-9-8-10-4-2-1-3-5-10/h1-5,11,14H,6-9H2,(H,15,16,17). The molecule has 0 radical (unpaired) electrons. The number of hydrogen-bond donors (Lipinski definition) is 2. The van der Waals surface area contributed by atoms with Crippen LogP contribution in [0.3, 0.4) is 0 Å². The van der Waals surface area contributed by atoms with Crippen molar-refractivity contribution < 1.29 is 9.59 Å². The van der Waals surface area contributed by atoms with E-state index in [1.54, 1.807) is 0 Å². The normalized spacial score (nSPS) is 20.1. The lowest BCUT2D eigenvalue weighted by molar-refractivity contribution is -0.134. The second-order valence-electron chi connectivity index (χ2n) is 4.19. The van der Waals surface area contributed by atoms with Crippen LogP contribution in [0, 0.1) is 0 Å². The highest BCUT2D eigenvalue weighted by Crippen LogP contribution is 2.05. The summed E-state index contributed by atoms with van der Waals surface area (Å²) in [6, 6.07) is 9.88. The van der Waals surface area contributed by atoms with Crippen molar-refractivity contribution >= 4 is 11.8 Å². The summed E-state index contributed by atoms with van der Waals surface area (Å²) in [4.78, 5) is 22.4. The van der Waals surface area contributed by atoms with E-state index in [1.807, 2.05) is 18.2 Å². The monoisotopic (exact) mass is 232 g/mol. The van der Waals surface area contributed by atoms with E-state index in [2.05, 4.69) is 22.8 Å². The minimum absolute atomic E-state index is 0.170. The molecule has 1 fully saturated rings. The number of nitrogens with one attached hydrogen (secondary N) is 2. The van der Waals surface area contributed by atoms with Gasteiger partial charge in [0.1, 0.15) is 0 Å². The summed E-state index contributed by atoms with van der Waals surface area (Å²) in [7, 11) is 0. The van der Waals surface area contributed by atoms with Gasteiger partial charge < -0.3 is 5.32 Å². The number of imide groups is 1. The van der Waals surface area contributed by atoms with Gasteiger partial charge in [0.2, 0.25) is 11.8 Å². The number of amides is 2. The van der Waals surface area contributed by atoms with E-state index >= 15 is 0 Å². The topological polar surface area (TPSA) is 58.2 Å². The van der Waals surface area contributed by atoms with Gasteiger partial charge in [-0.05, 0) is 24.9 Å². The van der Waals surface area contributed by atoms with Gasteiger partial charge in [0.05, 0.1) is 6.04 Å². The molecule has 0 spiro atoms. The molecule has 2 N–H and O–H groups in total. The molecule has 0 aromatic heterocycles. The zero-order chi connectivity index (χ0) is 12.1. The average Bonchev–Trinajstić information content (AvgIpc) is 2.33. The predicted molar refractivity (Wildman–Crippen MR) is 64.3 cm³/mol. The van der Waals surface area contributed by atoms with Gasteiger partial charge in [0.25, 0.3) is 0 Å². The lowest BCUT2D eigenvalue weighted by Gasteiger charge is -2.21. The van der Waals surface area contributed by atoms with Crippen LogP contribution in [0.25, 0.3) is 0 Å². The Balaban J connectivity index is 1.75. The lowest BCUT2D eigenvalue weighted by atomic mass is 10.1. The molecule has 1 unspecified atom stereocenters. The van der Waals surface area contributed by atoms with Crippen LogP contribution >= 0.6 is 0 Å². The van der Waals surface area contributed by atoms with Crippen LogP contribution in [0.15, 0.2) is 30.3 Å². The molecule has 1 aliphatic heterocycles. The first-order valence-corrected chi connectivity index (χ1v) is 5.87. The number of piperidine rings is 1. The highest BCUT2D eigenvalue weighted by atomic mass is 16.2. The largest absolute Gasteiger partial charge is 0.306 e. The van der Waals surface area contributed by atoms with Gasteiger partial charge in [-0.15, -0.1) is 0 Å². The first kappa shape index (κ1) is 11.8. The van der Waals surface area contributed by atoms with Crippen molar-refractivity contribution in [3.05, 3.63) is 35.9 Å². The van der Waals surface area contributed by atoms with Crippen LogP contribution < -0.4 is 10.6 Å². The van der Waals surface area contributed by atoms with Gasteiger partial charge in [-0.3, -0.25) is 14.9 Å². The van der Waals surface area contributed by atoms with Gasteiger partial charge in [-0.25, -0.2) is 0 Å². The predicted octanol–water partition coefficient (Wildman–Crippen LogP) is 0.624. The van der Waals surface area contributed by atoms with Gasteiger partial charge in [-0.2, -0.15) is 0 Å². The molecule has 4 heteroatoms. The smallest absolute Gasteiger partial charge is 0.243 e. The number of hydrogen-bond acceptors (Lipinski definition) is 3. The summed E-state index contributed by atoms with van der Waals surface area (Å²) >= 11 is 0. The van der Waals surface area contributed by atoms with E-state index in [9.17, 15) is 9.59 Å². The first-order valence-electron chi connectivity index (χ1n) is 5.87. The van der Waals surface area contributed by atoms with Crippen molar-refractivity contribution in [3.8, 4) is 0 Å². The van der Waals surface area contributed by atoms with Crippen LogP contribution in [0.2, 0.25) is 0 Å². The third-order valence-corrected chi connectivity index (χ3v) is 2.89. The van der Waals surface area contributed by atoms with Crippen molar-refractivity contribution in [2.24, 2.45) is 0 Å². The van der Waals surface area contributed by atoms with Crippen LogP contribution in [0.5, 0.6) is 0 Å². The van der Waals surface area contributed by atoms with E-state index in [-0.39, 0.29) is 17.9 Å². The van der Waals surface area contributed by atoms with Crippen molar-refractivity contribution in [1.29, 1.82) is 0 Å². The van der Waals surface area contributed by atoms with E-state index in [0.717, 1.165) is 13.0 Å². The molecule has 2 amide bonds. The van der Waals surface area contributed by atoms with E-state index in [0.29, 0.717) is 12.8 Å². The van der Waals surface area contributed by atoms with Gasteiger partial charge in [-0.1, -0.05) is 30.3 Å². The van der Waals surface area contributed by atoms with Crippen molar-refractivity contribution in [2.45, 2.75) is 25.3 Å². The molecule has 1 heterocycles. The number of carbonyl (C=O) groups is 2. The molecule has 0 aliphatic carbocycles. The Hall–Kier alpha value is -1.68. The summed E-state index contributed by atoms with van der Waals surface area (Å²) in [5.74, 6) is -0.370. The molecular weight excluding hydrogens is 216 g/mol. The molecule has 2 rings (SSSR count). The van der Waals surface area contributed by atoms with Gasteiger partial charge in [0.15, 0.2) is 0 Å². The van der Waals surface area contributed by atoms with E-state index < -0.39 is 0 Å². The summed E-state index contributed by atoms with van der Waals surface area (Å²) in [5, 5.41) is 5.51. The Kier molecular flexibility index (Phi) is 3.88. The Morgan fingerprint density at radius 3 is 2.71 bits per heavy atom. The maximum atomic E-state index is 11.5. The third-order valence-electron chi connectivity index (χ3n) is 2.89. The molecule has 4 nitrogen and oxygen atoms in total. The first-order chi connectivity index (χ1) is 8.25. The minimum atomic E-state index is -0.226. The van der Waals surface area contributed by atoms with Crippen LogP contribution in [-0.4, -0.2) is 24.4 Å². The number of carbonyl (C=O) groups excluding carboxylic acids is 2. The maximum absolute atomic E-state index is 11.5. The fraction of sp³-hybridized carbons (Fsp3) is 0.385. The van der Waals surface area contributed by atoms with E-state index in [1.165, 1.54) is 5.56 Å². The molecule has 0 bridgehead atoms. The number of benzene rings is 1. The fourth-order valence-corrected chi connectivity index (χ4v) is 1.92. The molecule has 1 saturated heterocycles.